The molecule has 0 saturated heterocycles. The molecule has 0 atom stereocenters. The Kier molecular flexibility index (Phi) is 1.73. The second kappa shape index (κ2) is 2.77. The van der Waals surface area contributed by atoms with Gasteiger partial charge in [0.1, 0.15) is 5.52 Å². The number of fused-ring (bicyclic) bond motifs is 1. The highest BCUT2D eigenvalue weighted by molar-refractivity contribution is 7.80. The van der Waals surface area contributed by atoms with Crippen LogP contribution in [-0.4, -0.2) is 15.9 Å². The zero-order valence-electron chi connectivity index (χ0n) is 6.61. The van der Waals surface area contributed by atoms with Crippen molar-refractivity contribution in [2.45, 2.75) is 4.90 Å². The number of hydrogen-bond acceptors (Lipinski definition) is 3. The average Bonchev–Trinajstić information content (AvgIpc) is 2.50. The van der Waals surface area contributed by atoms with Crippen molar-refractivity contribution in [2.24, 2.45) is 5.73 Å². The number of imidazole rings is 1. The molecule has 13 heavy (non-hydrogen) atoms. The second-order valence-corrected chi connectivity index (χ2v) is 3.10. The topological polar surface area (TPSA) is 71.8 Å². The van der Waals surface area contributed by atoms with Crippen molar-refractivity contribution >= 4 is 29.6 Å². The van der Waals surface area contributed by atoms with Crippen molar-refractivity contribution in [1.82, 2.24) is 9.97 Å². The van der Waals surface area contributed by atoms with Crippen LogP contribution in [0, 0.1) is 0 Å². The molecule has 3 N–H and O–H groups in total. The SMILES string of the molecule is NC(=O)c1c(S)ccc2[nH]cnc12. The third-order valence-corrected chi connectivity index (χ3v) is 2.19. The third kappa shape index (κ3) is 1.17. The van der Waals surface area contributed by atoms with Gasteiger partial charge in [-0.3, -0.25) is 4.79 Å². The minimum atomic E-state index is -0.511. The highest BCUT2D eigenvalue weighted by Crippen LogP contribution is 2.21. The number of amides is 1. The Morgan fingerprint density at radius 2 is 2.31 bits per heavy atom. The maximum atomic E-state index is 11.1. The third-order valence-electron chi connectivity index (χ3n) is 1.82. The van der Waals surface area contributed by atoms with Crippen molar-refractivity contribution < 1.29 is 4.79 Å². The van der Waals surface area contributed by atoms with Gasteiger partial charge >= 0.3 is 0 Å². The number of aromatic amines is 1. The van der Waals surface area contributed by atoms with Crippen LogP contribution in [0.3, 0.4) is 0 Å². The molecule has 0 bridgehead atoms. The fourth-order valence-corrected chi connectivity index (χ4v) is 1.53. The summed E-state index contributed by atoms with van der Waals surface area (Å²) in [5, 5.41) is 0. The van der Waals surface area contributed by atoms with E-state index in [9.17, 15) is 4.79 Å². The molecular formula is C8H7N3OS. The number of carbonyl (C=O) groups excluding carboxylic acids is 1. The predicted molar refractivity (Wildman–Crippen MR) is 51.9 cm³/mol. The number of nitrogens with zero attached hydrogens (tertiary/aromatic N) is 1. The molecule has 0 aliphatic carbocycles. The summed E-state index contributed by atoms with van der Waals surface area (Å²) in [4.78, 5) is 18.5. The Morgan fingerprint density at radius 1 is 1.54 bits per heavy atom. The largest absolute Gasteiger partial charge is 0.365 e. The van der Waals surface area contributed by atoms with Gasteiger partial charge in [0.05, 0.1) is 17.4 Å². The zero-order valence-corrected chi connectivity index (χ0v) is 7.51. The maximum absolute atomic E-state index is 11.1. The Balaban J connectivity index is 2.88. The van der Waals surface area contributed by atoms with E-state index in [0.29, 0.717) is 16.0 Å². The Hall–Kier alpha value is -1.49. The van der Waals surface area contributed by atoms with E-state index in [-0.39, 0.29) is 0 Å². The molecular weight excluding hydrogens is 186 g/mol. The maximum Gasteiger partial charge on any atom is 0.252 e. The van der Waals surface area contributed by atoms with Crippen LogP contribution in [0.15, 0.2) is 23.4 Å². The van der Waals surface area contributed by atoms with E-state index in [1.54, 1.807) is 12.1 Å². The number of thiol groups is 1. The molecule has 66 valence electrons. The van der Waals surface area contributed by atoms with Crippen LogP contribution in [0.4, 0.5) is 0 Å². The fraction of sp³-hybridized carbons (Fsp3) is 0. The van der Waals surface area contributed by atoms with Gasteiger partial charge in [0.2, 0.25) is 0 Å². The van der Waals surface area contributed by atoms with E-state index in [0.717, 1.165) is 5.52 Å². The highest BCUT2D eigenvalue weighted by atomic mass is 32.1. The summed E-state index contributed by atoms with van der Waals surface area (Å²) < 4.78 is 0. The lowest BCUT2D eigenvalue weighted by Crippen LogP contribution is -2.12. The van der Waals surface area contributed by atoms with E-state index in [4.69, 9.17) is 5.73 Å². The van der Waals surface area contributed by atoms with E-state index < -0.39 is 5.91 Å². The zero-order chi connectivity index (χ0) is 9.42. The summed E-state index contributed by atoms with van der Waals surface area (Å²) in [7, 11) is 0. The molecule has 2 rings (SSSR count). The highest BCUT2D eigenvalue weighted by Gasteiger charge is 2.11. The van der Waals surface area contributed by atoms with Crippen LogP contribution in [0.25, 0.3) is 11.0 Å². The summed E-state index contributed by atoms with van der Waals surface area (Å²) in [6.45, 7) is 0. The Labute approximate surface area is 79.6 Å². The lowest BCUT2D eigenvalue weighted by atomic mass is 10.2. The minimum Gasteiger partial charge on any atom is -0.365 e. The number of nitrogens with one attached hydrogen (secondary N) is 1. The van der Waals surface area contributed by atoms with E-state index in [1.807, 2.05) is 0 Å². The Morgan fingerprint density at radius 3 is 3.00 bits per heavy atom. The molecule has 1 aromatic carbocycles. The normalized spacial score (nSPS) is 10.5. The monoisotopic (exact) mass is 193 g/mol. The molecule has 5 heteroatoms. The lowest BCUT2D eigenvalue weighted by Gasteiger charge is -2.00. The molecule has 0 unspecified atom stereocenters. The second-order valence-electron chi connectivity index (χ2n) is 2.62. The average molecular weight is 193 g/mol. The van der Waals surface area contributed by atoms with Crippen LogP contribution in [0.5, 0.6) is 0 Å². The van der Waals surface area contributed by atoms with E-state index in [2.05, 4.69) is 22.6 Å². The molecule has 0 aliphatic heterocycles. The first-order valence-corrected chi connectivity index (χ1v) is 4.09. The summed E-state index contributed by atoms with van der Waals surface area (Å²) in [6, 6.07) is 3.51. The molecule has 1 amide bonds. The van der Waals surface area contributed by atoms with Gasteiger partial charge in [-0.25, -0.2) is 4.98 Å². The van der Waals surface area contributed by atoms with E-state index >= 15 is 0 Å². The smallest absolute Gasteiger partial charge is 0.252 e. The van der Waals surface area contributed by atoms with Crippen LogP contribution in [0.1, 0.15) is 10.4 Å². The fourth-order valence-electron chi connectivity index (χ4n) is 1.24. The Bertz CT molecular complexity index is 477. The van der Waals surface area contributed by atoms with Gasteiger partial charge < -0.3 is 10.7 Å². The molecule has 4 nitrogen and oxygen atoms in total. The molecule has 2 aromatic rings. The van der Waals surface area contributed by atoms with Gasteiger partial charge in [0.25, 0.3) is 5.91 Å². The van der Waals surface area contributed by atoms with Crippen molar-refractivity contribution in [3.63, 3.8) is 0 Å². The first-order valence-electron chi connectivity index (χ1n) is 3.65. The summed E-state index contributed by atoms with van der Waals surface area (Å²) in [5.74, 6) is -0.511. The molecule has 0 spiro atoms. The number of H-pyrrole nitrogens is 1. The predicted octanol–water partition coefficient (Wildman–Crippen LogP) is 0.950. The lowest BCUT2D eigenvalue weighted by molar-refractivity contribution is 0.0999. The van der Waals surface area contributed by atoms with Crippen LogP contribution in [-0.2, 0) is 0 Å². The molecule has 1 heterocycles. The number of primary amides is 1. The van der Waals surface area contributed by atoms with Gasteiger partial charge in [0.15, 0.2) is 0 Å². The first-order chi connectivity index (χ1) is 6.20. The van der Waals surface area contributed by atoms with Gasteiger partial charge in [-0.05, 0) is 12.1 Å². The van der Waals surface area contributed by atoms with Crippen molar-refractivity contribution in [1.29, 1.82) is 0 Å². The van der Waals surface area contributed by atoms with E-state index in [1.165, 1.54) is 6.33 Å². The minimum absolute atomic E-state index is 0.363. The van der Waals surface area contributed by atoms with Crippen LogP contribution >= 0.6 is 12.6 Å². The number of hydrogen-bond donors (Lipinski definition) is 3. The number of benzene rings is 1. The number of aromatic nitrogens is 2. The first kappa shape index (κ1) is 8.12. The van der Waals surface area contributed by atoms with Crippen molar-refractivity contribution in [3.05, 3.63) is 24.0 Å². The molecule has 0 saturated carbocycles. The summed E-state index contributed by atoms with van der Waals surface area (Å²) in [5.41, 5.74) is 6.91. The molecule has 0 fully saturated rings. The van der Waals surface area contributed by atoms with Crippen molar-refractivity contribution in [2.75, 3.05) is 0 Å². The summed E-state index contributed by atoms with van der Waals surface area (Å²) in [6.07, 6.45) is 1.52. The van der Waals surface area contributed by atoms with Gasteiger partial charge in [-0.15, -0.1) is 12.6 Å². The van der Waals surface area contributed by atoms with Crippen molar-refractivity contribution in [3.8, 4) is 0 Å². The number of carbonyl (C=O) groups is 1. The van der Waals surface area contributed by atoms with Gasteiger partial charge in [-0.2, -0.15) is 0 Å². The number of rotatable bonds is 1. The molecule has 1 aromatic heterocycles. The number of nitrogens with two attached hydrogens (primary N) is 1. The summed E-state index contributed by atoms with van der Waals surface area (Å²) >= 11 is 4.13. The van der Waals surface area contributed by atoms with Crippen LogP contribution < -0.4 is 5.73 Å². The van der Waals surface area contributed by atoms with Crippen LogP contribution in [0.2, 0.25) is 0 Å². The molecule has 0 radical (unpaired) electrons. The quantitative estimate of drug-likeness (QED) is 0.590. The van der Waals surface area contributed by atoms with Gasteiger partial charge in [0, 0.05) is 4.90 Å². The standard InChI is InChI=1S/C8H7N3OS/c9-8(12)6-5(13)2-1-4-7(6)11-3-10-4/h1-3,13H,(H2,9,12)(H,10,11). The van der Waals surface area contributed by atoms with Gasteiger partial charge in [-0.1, -0.05) is 0 Å². The molecule has 0 aliphatic rings.